The largest absolute Gasteiger partial charge is 0.475 e. The summed E-state index contributed by atoms with van der Waals surface area (Å²) in [5, 5.41) is 11.9. The lowest BCUT2D eigenvalue weighted by Crippen LogP contribution is -2.41. The van der Waals surface area contributed by atoms with Crippen molar-refractivity contribution >= 4 is 11.9 Å². The van der Waals surface area contributed by atoms with Crippen LogP contribution < -0.4 is 5.32 Å². The molecule has 1 aliphatic rings. The van der Waals surface area contributed by atoms with Crippen molar-refractivity contribution in [3.05, 3.63) is 23.7 Å². The van der Waals surface area contributed by atoms with E-state index in [9.17, 15) is 9.59 Å². The molecule has 20 heavy (non-hydrogen) atoms. The molecule has 0 bridgehead atoms. The van der Waals surface area contributed by atoms with E-state index >= 15 is 0 Å². The quantitative estimate of drug-likeness (QED) is 0.856. The number of amides is 1. The highest BCUT2D eigenvalue weighted by Crippen LogP contribution is 2.16. The van der Waals surface area contributed by atoms with Crippen molar-refractivity contribution in [2.75, 3.05) is 19.6 Å². The number of nitrogens with one attached hydrogen (secondary N) is 1. The number of likely N-dealkylation sites (tertiary alicyclic amines) is 1. The van der Waals surface area contributed by atoms with Crippen molar-refractivity contribution in [2.45, 2.75) is 32.2 Å². The van der Waals surface area contributed by atoms with Gasteiger partial charge in [0.1, 0.15) is 5.76 Å². The number of nitrogens with zero attached hydrogens (tertiary/aromatic N) is 1. The van der Waals surface area contributed by atoms with Crippen molar-refractivity contribution in [3.8, 4) is 0 Å². The van der Waals surface area contributed by atoms with E-state index in [-0.39, 0.29) is 24.3 Å². The van der Waals surface area contributed by atoms with Gasteiger partial charge in [0.2, 0.25) is 11.7 Å². The molecule has 0 aliphatic carbocycles. The number of hydrogen-bond acceptors (Lipinski definition) is 4. The highest BCUT2D eigenvalue weighted by atomic mass is 16.4. The Bertz CT molecular complexity index is 477. The smallest absolute Gasteiger partial charge is 0.371 e. The number of hydrogen-bond donors (Lipinski definition) is 2. The van der Waals surface area contributed by atoms with Crippen LogP contribution in [0.2, 0.25) is 0 Å². The molecule has 1 saturated heterocycles. The van der Waals surface area contributed by atoms with Gasteiger partial charge >= 0.3 is 5.97 Å². The zero-order valence-electron chi connectivity index (χ0n) is 11.6. The van der Waals surface area contributed by atoms with E-state index in [2.05, 4.69) is 5.32 Å². The third-order valence-corrected chi connectivity index (χ3v) is 3.53. The molecule has 1 aliphatic heterocycles. The predicted molar refractivity (Wildman–Crippen MR) is 72.5 cm³/mol. The Kier molecular flexibility index (Phi) is 4.79. The summed E-state index contributed by atoms with van der Waals surface area (Å²) in [6.45, 7) is 3.75. The van der Waals surface area contributed by atoms with Gasteiger partial charge in [0.05, 0.1) is 12.6 Å². The molecular weight excluding hydrogens is 260 g/mol. The minimum Gasteiger partial charge on any atom is -0.475 e. The number of carbonyl (C=O) groups excluding carboxylic acids is 1. The molecule has 2 N–H and O–H groups in total. The van der Waals surface area contributed by atoms with Crippen LogP contribution in [0.15, 0.2) is 16.5 Å². The van der Waals surface area contributed by atoms with Gasteiger partial charge in [0, 0.05) is 13.1 Å². The van der Waals surface area contributed by atoms with Gasteiger partial charge in [-0.1, -0.05) is 0 Å². The molecule has 1 unspecified atom stereocenters. The van der Waals surface area contributed by atoms with Crippen LogP contribution in [0.25, 0.3) is 0 Å². The summed E-state index contributed by atoms with van der Waals surface area (Å²) in [5.74, 6) is -0.570. The number of aromatic carboxylic acids is 1. The maximum atomic E-state index is 12.0. The molecule has 0 saturated carbocycles. The average Bonchev–Trinajstić information content (AvgIpc) is 2.95. The van der Waals surface area contributed by atoms with Crippen molar-refractivity contribution < 1.29 is 19.1 Å². The lowest BCUT2D eigenvalue weighted by atomic mass is 10.1. The fourth-order valence-electron chi connectivity index (χ4n) is 2.30. The Hall–Kier alpha value is -1.82. The van der Waals surface area contributed by atoms with Crippen LogP contribution in [0.3, 0.4) is 0 Å². The fourth-order valence-corrected chi connectivity index (χ4v) is 2.30. The first-order chi connectivity index (χ1) is 9.58. The van der Waals surface area contributed by atoms with Crippen LogP contribution in [-0.4, -0.2) is 41.5 Å². The van der Waals surface area contributed by atoms with E-state index in [0.717, 1.165) is 25.9 Å². The maximum absolute atomic E-state index is 12.0. The van der Waals surface area contributed by atoms with E-state index < -0.39 is 5.97 Å². The van der Waals surface area contributed by atoms with Crippen LogP contribution >= 0.6 is 0 Å². The van der Waals surface area contributed by atoms with Gasteiger partial charge in [-0.3, -0.25) is 10.1 Å². The Balaban J connectivity index is 1.83. The highest BCUT2D eigenvalue weighted by Gasteiger charge is 2.18. The number of rotatable bonds is 5. The maximum Gasteiger partial charge on any atom is 0.371 e. The number of piperidine rings is 1. The summed E-state index contributed by atoms with van der Waals surface area (Å²) in [5.41, 5.74) is 0. The number of carboxylic acids is 1. The molecule has 1 fully saturated rings. The molecule has 0 spiro atoms. The van der Waals surface area contributed by atoms with Gasteiger partial charge in [-0.05, 0) is 38.3 Å². The molecule has 6 heteroatoms. The van der Waals surface area contributed by atoms with Crippen LogP contribution in [0.1, 0.15) is 48.5 Å². The minimum absolute atomic E-state index is 0.0848. The van der Waals surface area contributed by atoms with Gasteiger partial charge in [-0.15, -0.1) is 0 Å². The molecule has 2 rings (SSSR count). The van der Waals surface area contributed by atoms with Gasteiger partial charge < -0.3 is 14.4 Å². The summed E-state index contributed by atoms with van der Waals surface area (Å²) >= 11 is 0. The van der Waals surface area contributed by atoms with Crippen molar-refractivity contribution in [2.24, 2.45) is 0 Å². The SMILES string of the molecule is CC(NCC(=O)N1CCCCC1)c1ccc(C(=O)O)o1. The summed E-state index contributed by atoms with van der Waals surface area (Å²) in [6, 6.07) is 2.84. The molecule has 1 atom stereocenters. The van der Waals surface area contributed by atoms with Gasteiger partial charge in [-0.2, -0.15) is 0 Å². The van der Waals surface area contributed by atoms with Crippen LogP contribution in [0, 0.1) is 0 Å². The normalized spacial score (nSPS) is 16.9. The fraction of sp³-hybridized carbons (Fsp3) is 0.571. The van der Waals surface area contributed by atoms with E-state index in [1.54, 1.807) is 6.07 Å². The second kappa shape index (κ2) is 6.56. The molecule has 2 heterocycles. The van der Waals surface area contributed by atoms with Crippen molar-refractivity contribution in [3.63, 3.8) is 0 Å². The first-order valence-corrected chi connectivity index (χ1v) is 6.92. The van der Waals surface area contributed by atoms with E-state index in [1.165, 1.54) is 12.5 Å². The molecule has 1 aromatic rings. The molecule has 110 valence electrons. The number of carbonyl (C=O) groups is 2. The van der Waals surface area contributed by atoms with Crippen LogP contribution in [0.5, 0.6) is 0 Å². The zero-order valence-corrected chi connectivity index (χ0v) is 11.6. The molecule has 0 radical (unpaired) electrons. The standard InChI is InChI=1S/C14H20N2O4/c1-10(11-5-6-12(20-11)14(18)19)15-9-13(17)16-7-3-2-4-8-16/h5-6,10,15H,2-4,7-9H2,1H3,(H,18,19). The molecule has 6 nitrogen and oxygen atoms in total. The van der Waals surface area contributed by atoms with Crippen molar-refractivity contribution in [1.29, 1.82) is 0 Å². The molecule has 1 aromatic heterocycles. The lowest BCUT2D eigenvalue weighted by molar-refractivity contribution is -0.131. The summed E-state index contributed by atoms with van der Waals surface area (Å²) < 4.78 is 5.20. The summed E-state index contributed by atoms with van der Waals surface area (Å²) in [4.78, 5) is 24.6. The Morgan fingerprint density at radius 1 is 1.35 bits per heavy atom. The van der Waals surface area contributed by atoms with Crippen LogP contribution in [0.4, 0.5) is 0 Å². The van der Waals surface area contributed by atoms with E-state index in [1.807, 2.05) is 11.8 Å². The lowest BCUT2D eigenvalue weighted by Gasteiger charge is -2.27. The monoisotopic (exact) mass is 280 g/mol. The first kappa shape index (κ1) is 14.6. The molecule has 1 amide bonds. The average molecular weight is 280 g/mol. The topological polar surface area (TPSA) is 82.8 Å². The predicted octanol–water partition coefficient (Wildman–Crippen LogP) is 1.64. The summed E-state index contributed by atoms with van der Waals surface area (Å²) in [7, 11) is 0. The number of carboxylic acid groups (broad SMARTS) is 1. The second-order valence-electron chi connectivity index (χ2n) is 5.05. The Morgan fingerprint density at radius 2 is 2.05 bits per heavy atom. The third-order valence-electron chi connectivity index (χ3n) is 3.53. The second-order valence-corrected chi connectivity index (χ2v) is 5.05. The van der Waals surface area contributed by atoms with Crippen LogP contribution in [-0.2, 0) is 4.79 Å². The highest BCUT2D eigenvalue weighted by molar-refractivity contribution is 5.84. The van der Waals surface area contributed by atoms with Crippen molar-refractivity contribution in [1.82, 2.24) is 10.2 Å². The van der Waals surface area contributed by atoms with Gasteiger partial charge in [-0.25, -0.2) is 4.79 Å². The zero-order chi connectivity index (χ0) is 14.5. The van der Waals surface area contributed by atoms with Gasteiger partial charge in [0.15, 0.2) is 0 Å². The van der Waals surface area contributed by atoms with E-state index in [0.29, 0.717) is 5.76 Å². The Labute approximate surface area is 117 Å². The molecule has 0 aromatic carbocycles. The van der Waals surface area contributed by atoms with Gasteiger partial charge in [0.25, 0.3) is 0 Å². The third kappa shape index (κ3) is 3.60. The summed E-state index contributed by atoms with van der Waals surface area (Å²) in [6.07, 6.45) is 3.33. The first-order valence-electron chi connectivity index (χ1n) is 6.92. The number of furan rings is 1. The van der Waals surface area contributed by atoms with E-state index in [4.69, 9.17) is 9.52 Å². The Morgan fingerprint density at radius 3 is 2.65 bits per heavy atom. The minimum atomic E-state index is -1.09. The molecular formula is C14H20N2O4.